The second kappa shape index (κ2) is 8.32. The number of anilines is 1. The molecule has 0 bridgehead atoms. The molecule has 150 valence electrons. The van der Waals surface area contributed by atoms with E-state index in [0.717, 1.165) is 37.2 Å². The molecule has 1 aromatic heterocycles. The third-order valence-corrected chi connectivity index (χ3v) is 4.61. The highest BCUT2D eigenvalue weighted by atomic mass is 19.2. The van der Waals surface area contributed by atoms with Crippen LogP contribution in [0.1, 0.15) is 17.9 Å². The minimum absolute atomic E-state index is 0.195. The Balaban J connectivity index is 1.54. The topological polar surface area (TPSA) is 74.6 Å². The van der Waals surface area contributed by atoms with Gasteiger partial charge in [-0.3, -0.25) is 14.5 Å². The van der Waals surface area contributed by atoms with Crippen LogP contribution >= 0.6 is 0 Å². The zero-order valence-electron chi connectivity index (χ0n) is 15.5. The fourth-order valence-electron chi connectivity index (χ4n) is 3.18. The first kappa shape index (κ1) is 19.7. The summed E-state index contributed by atoms with van der Waals surface area (Å²) in [5.74, 6) is -4.12. The van der Waals surface area contributed by atoms with Crippen molar-refractivity contribution in [3.8, 4) is 0 Å². The summed E-state index contributed by atoms with van der Waals surface area (Å²) in [5.41, 5.74) is 0.727. The standard InChI is InChI=1S/C18H21F3N6O/c1-22-18(27-6-5-11(10-27)12-7-24-26(2)9-12)23-8-15(28)25-14-4-3-13(19)16(20)17(14)21/h3-4,7,9,11H,5-6,8,10H2,1-2H3,(H,22,23)(H,25,28). The van der Waals surface area contributed by atoms with Gasteiger partial charge in [0.05, 0.1) is 18.4 Å². The molecule has 7 nitrogen and oxygen atoms in total. The third-order valence-electron chi connectivity index (χ3n) is 4.61. The molecule has 1 saturated heterocycles. The summed E-state index contributed by atoms with van der Waals surface area (Å²) in [6.45, 7) is 1.29. The Morgan fingerprint density at radius 1 is 1.32 bits per heavy atom. The summed E-state index contributed by atoms with van der Waals surface area (Å²) in [6.07, 6.45) is 4.75. The second-order valence-electron chi connectivity index (χ2n) is 6.55. The van der Waals surface area contributed by atoms with E-state index in [0.29, 0.717) is 11.9 Å². The van der Waals surface area contributed by atoms with Gasteiger partial charge < -0.3 is 15.5 Å². The van der Waals surface area contributed by atoms with Gasteiger partial charge in [0.1, 0.15) is 0 Å². The Bertz CT molecular complexity index is 897. The average molecular weight is 394 g/mol. The molecule has 1 unspecified atom stereocenters. The minimum atomic E-state index is -1.62. The van der Waals surface area contributed by atoms with Crippen molar-refractivity contribution in [2.75, 3.05) is 32.0 Å². The van der Waals surface area contributed by atoms with Gasteiger partial charge in [0.15, 0.2) is 23.4 Å². The summed E-state index contributed by atoms with van der Waals surface area (Å²) in [4.78, 5) is 18.2. The third kappa shape index (κ3) is 4.26. The van der Waals surface area contributed by atoms with Crippen LogP contribution in [0.25, 0.3) is 0 Å². The van der Waals surface area contributed by atoms with E-state index in [9.17, 15) is 18.0 Å². The Labute approximate surface area is 160 Å². The van der Waals surface area contributed by atoms with E-state index in [4.69, 9.17) is 0 Å². The molecule has 0 aliphatic carbocycles. The number of rotatable bonds is 4. The number of carbonyl (C=O) groups excluding carboxylic acids is 1. The van der Waals surface area contributed by atoms with Crippen LogP contribution in [0.4, 0.5) is 18.9 Å². The van der Waals surface area contributed by atoms with Crippen LogP contribution in [0, 0.1) is 17.5 Å². The SMILES string of the molecule is CN=C(NCC(=O)Nc1ccc(F)c(F)c1F)N1CCC(c2cnn(C)c2)C1. The molecule has 3 rings (SSSR count). The van der Waals surface area contributed by atoms with E-state index >= 15 is 0 Å². The number of carbonyl (C=O) groups is 1. The number of amides is 1. The number of nitrogens with one attached hydrogen (secondary N) is 2. The van der Waals surface area contributed by atoms with E-state index < -0.39 is 29.0 Å². The molecule has 2 aromatic rings. The highest BCUT2D eigenvalue weighted by molar-refractivity contribution is 5.95. The molecule has 1 amide bonds. The molecule has 0 radical (unpaired) electrons. The van der Waals surface area contributed by atoms with Crippen LogP contribution < -0.4 is 10.6 Å². The lowest BCUT2D eigenvalue weighted by Crippen LogP contribution is -2.43. The summed E-state index contributed by atoms with van der Waals surface area (Å²) < 4.78 is 41.6. The normalized spacial score (nSPS) is 17.1. The van der Waals surface area contributed by atoms with E-state index in [-0.39, 0.29) is 6.54 Å². The number of hydrogen-bond acceptors (Lipinski definition) is 3. The minimum Gasteiger partial charge on any atom is -0.347 e. The first-order chi connectivity index (χ1) is 13.4. The Morgan fingerprint density at radius 2 is 2.11 bits per heavy atom. The van der Waals surface area contributed by atoms with Gasteiger partial charge in [0.2, 0.25) is 5.91 Å². The zero-order valence-corrected chi connectivity index (χ0v) is 15.5. The Kier molecular flexibility index (Phi) is 5.86. The highest BCUT2D eigenvalue weighted by Crippen LogP contribution is 2.26. The summed E-state index contributed by atoms with van der Waals surface area (Å²) in [7, 11) is 3.47. The van der Waals surface area contributed by atoms with E-state index in [1.54, 1.807) is 11.7 Å². The van der Waals surface area contributed by atoms with Crippen LogP contribution in [0.2, 0.25) is 0 Å². The molecule has 1 aliphatic heterocycles. The van der Waals surface area contributed by atoms with Crippen LogP contribution in [-0.4, -0.2) is 53.2 Å². The monoisotopic (exact) mass is 394 g/mol. The number of aliphatic imine (C=N–C) groups is 1. The van der Waals surface area contributed by atoms with E-state index in [2.05, 4.69) is 20.7 Å². The van der Waals surface area contributed by atoms with Gasteiger partial charge in [-0.25, -0.2) is 13.2 Å². The van der Waals surface area contributed by atoms with Crippen molar-refractivity contribution in [3.05, 3.63) is 47.5 Å². The quantitative estimate of drug-likeness (QED) is 0.472. The summed E-state index contributed by atoms with van der Waals surface area (Å²) >= 11 is 0. The highest BCUT2D eigenvalue weighted by Gasteiger charge is 2.27. The van der Waals surface area contributed by atoms with Gasteiger partial charge in [-0.05, 0) is 24.1 Å². The molecule has 1 atom stereocenters. The maximum atomic E-state index is 13.7. The molecule has 1 aromatic carbocycles. The molecule has 2 heterocycles. The van der Waals surface area contributed by atoms with Gasteiger partial charge in [0, 0.05) is 39.3 Å². The molecule has 28 heavy (non-hydrogen) atoms. The predicted molar refractivity (Wildman–Crippen MR) is 98.4 cm³/mol. The van der Waals surface area contributed by atoms with Gasteiger partial charge in [0.25, 0.3) is 0 Å². The number of halogens is 3. The number of benzene rings is 1. The smallest absolute Gasteiger partial charge is 0.243 e. The van der Waals surface area contributed by atoms with Crippen LogP contribution in [0.5, 0.6) is 0 Å². The zero-order chi connectivity index (χ0) is 20.3. The lowest BCUT2D eigenvalue weighted by molar-refractivity contribution is -0.115. The number of hydrogen-bond donors (Lipinski definition) is 2. The van der Waals surface area contributed by atoms with Crippen molar-refractivity contribution >= 4 is 17.6 Å². The molecule has 10 heteroatoms. The average Bonchev–Trinajstić information content (AvgIpc) is 3.32. The van der Waals surface area contributed by atoms with Crippen molar-refractivity contribution in [2.45, 2.75) is 12.3 Å². The van der Waals surface area contributed by atoms with Gasteiger partial charge >= 0.3 is 0 Å². The van der Waals surface area contributed by atoms with Gasteiger partial charge in [-0.2, -0.15) is 5.10 Å². The molecule has 0 saturated carbocycles. The maximum absolute atomic E-state index is 13.7. The van der Waals surface area contributed by atoms with Crippen molar-refractivity contribution in [3.63, 3.8) is 0 Å². The van der Waals surface area contributed by atoms with Crippen LogP contribution in [0.15, 0.2) is 29.5 Å². The largest absolute Gasteiger partial charge is 0.347 e. The molecule has 0 spiro atoms. The lowest BCUT2D eigenvalue weighted by Gasteiger charge is -2.21. The number of likely N-dealkylation sites (tertiary alicyclic amines) is 1. The summed E-state index contributed by atoms with van der Waals surface area (Å²) in [6, 6.07) is 1.72. The van der Waals surface area contributed by atoms with Crippen LogP contribution in [0.3, 0.4) is 0 Å². The maximum Gasteiger partial charge on any atom is 0.243 e. The Morgan fingerprint density at radius 3 is 2.79 bits per heavy atom. The number of guanidine groups is 1. The van der Waals surface area contributed by atoms with E-state index in [1.807, 2.05) is 24.3 Å². The number of aromatic nitrogens is 2. The van der Waals surface area contributed by atoms with Gasteiger partial charge in [-0.1, -0.05) is 0 Å². The summed E-state index contributed by atoms with van der Waals surface area (Å²) in [5, 5.41) is 9.31. The molecule has 1 aliphatic rings. The number of aryl methyl sites for hydroxylation is 1. The molecular formula is C18H21F3N6O. The Hall–Kier alpha value is -3.04. The predicted octanol–water partition coefficient (Wildman–Crippen LogP) is 1.84. The van der Waals surface area contributed by atoms with Crippen molar-refractivity contribution in [1.82, 2.24) is 20.0 Å². The molecule has 2 N–H and O–H groups in total. The van der Waals surface area contributed by atoms with Crippen molar-refractivity contribution < 1.29 is 18.0 Å². The lowest BCUT2D eigenvalue weighted by atomic mass is 10.0. The first-order valence-electron chi connectivity index (χ1n) is 8.76. The molecular weight excluding hydrogens is 373 g/mol. The fourth-order valence-corrected chi connectivity index (χ4v) is 3.18. The first-order valence-corrected chi connectivity index (χ1v) is 8.76. The fraction of sp³-hybridized carbons (Fsp3) is 0.389. The van der Waals surface area contributed by atoms with Crippen molar-refractivity contribution in [1.29, 1.82) is 0 Å². The second-order valence-corrected chi connectivity index (χ2v) is 6.55. The van der Waals surface area contributed by atoms with Crippen molar-refractivity contribution in [2.24, 2.45) is 12.0 Å². The van der Waals surface area contributed by atoms with E-state index in [1.165, 1.54) is 0 Å². The van der Waals surface area contributed by atoms with Crippen LogP contribution in [-0.2, 0) is 11.8 Å². The van der Waals surface area contributed by atoms with Gasteiger partial charge in [-0.15, -0.1) is 0 Å². The number of nitrogens with zero attached hydrogens (tertiary/aromatic N) is 4. The molecule has 1 fully saturated rings.